The van der Waals surface area contributed by atoms with Crippen molar-refractivity contribution in [2.24, 2.45) is 0 Å². The molecule has 0 aliphatic heterocycles. The van der Waals surface area contributed by atoms with Crippen LogP contribution in [0.5, 0.6) is 0 Å². The van der Waals surface area contributed by atoms with Crippen LogP contribution in [-0.2, 0) is 5.41 Å². The van der Waals surface area contributed by atoms with Crippen LogP contribution in [0.1, 0.15) is 36.1 Å². The molecule has 12 aromatic rings. The van der Waals surface area contributed by atoms with Gasteiger partial charge in [-0.25, -0.2) is 0 Å². The molecule has 14 rings (SSSR count). The van der Waals surface area contributed by atoms with Crippen LogP contribution in [-0.4, -0.2) is 0 Å². The summed E-state index contributed by atoms with van der Waals surface area (Å²) in [4.78, 5) is 9.60. The zero-order valence-electron chi connectivity index (χ0n) is 44.3. The predicted octanol–water partition coefficient (Wildman–Crippen LogP) is 20.9. The Kier molecular flexibility index (Phi) is 13.0. The van der Waals surface area contributed by atoms with E-state index in [1.807, 2.05) is 13.8 Å². The summed E-state index contributed by atoms with van der Waals surface area (Å²) in [5, 5.41) is 0. The largest absolute Gasteiger partial charge is 0.310 e. The number of para-hydroxylation sites is 8. The minimum absolute atomic E-state index is 0.816. The van der Waals surface area contributed by atoms with Crippen LogP contribution in [0, 0.1) is 0 Å². The van der Waals surface area contributed by atoms with Gasteiger partial charge >= 0.3 is 0 Å². The van der Waals surface area contributed by atoms with Crippen LogP contribution in [0.25, 0.3) is 22.3 Å². The summed E-state index contributed by atoms with van der Waals surface area (Å²) < 4.78 is 0. The van der Waals surface area contributed by atoms with Crippen LogP contribution in [0.15, 0.2) is 315 Å². The third kappa shape index (κ3) is 8.52. The van der Waals surface area contributed by atoms with Crippen LogP contribution >= 0.6 is 0 Å². The molecule has 0 unspecified atom stereocenters. The average Bonchev–Trinajstić information content (AvgIpc) is 3.04. The summed E-state index contributed by atoms with van der Waals surface area (Å²) in [6.45, 7) is 4.00. The highest BCUT2D eigenvalue weighted by atomic mass is 15.2. The van der Waals surface area contributed by atoms with Crippen molar-refractivity contribution >= 4 is 68.2 Å². The van der Waals surface area contributed by atoms with E-state index in [0.717, 1.165) is 68.2 Å². The normalized spacial score (nSPS) is 12.0. The molecule has 0 bridgehead atoms. The van der Waals surface area contributed by atoms with Crippen molar-refractivity contribution in [2.75, 3.05) is 19.6 Å². The second-order valence-electron chi connectivity index (χ2n) is 19.7. The molecule has 0 saturated carbocycles. The van der Waals surface area contributed by atoms with E-state index in [4.69, 9.17) is 0 Å². The van der Waals surface area contributed by atoms with Gasteiger partial charge in [-0.15, -0.1) is 0 Å². The predicted molar refractivity (Wildman–Crippen MR) is 333 cm³/mol. The highest BCUT2D eigenvalue weighted by Gasteiger charge is 2.53. The monoisotopic (exact) mass is 1010 g/mol. The first-order valence-corrected chi connectivity index (χ1v) is 27.4. The van der Waals surface area contributed by atoms with Gasteiger partial charge in [-0.3, -0.25) is 0 Å². The van der Waals surface area contributed by atoms with Crippen molar-refractivity contribution in [3.8, 4) is 22.3 Å². The van der Waals surface area contributed by atoms with Crippen LogP contribution in [0.4, 0.5) is 68.2 Å². The van der Waals surface area contributed by atoms with Gasteiger partial charge in [0.05, 0.1) is 5.41 Å². The second-order valence-corrected chi connectivity index (χ2v) is 19.7. The first-order chi connectivity index (χ1) is 39.2. The van der Waals surface area contributed by atoms with Crippen LogP contribution in [0.3, 0.4) is 0 Å². The van der Waals surface area contributed by atoms with Gasteiger partial charge in [-0.2, -0.15) is 0 Å². The molecule has 0 heterocycles. The lowest BCUT2D eigenvalue weighted by molar-refractivity contribution is 0.793. The van der Waals surface area contributed by atoms with Crippen molar-refractivity contribution in [3.05, 3.63) is 338 Å². The number of hydrogen-bond acceptors (Lipinski definition) is 4. The number of nitrogens with zero attached hydrogens (tertiary/aromatic N) is 4. The number of fused-ring (bicyclic) bond motifs is 10. The van der Waals surface area contributed by atoms with Crippen molar-refractivity contribution in [3.63, 3.8) is 0 Å². The molecule has 0 N–H and O–H groups in total. The smallest absolute Gasteiger partial charge is 0.0728 e. The maximum Gasteiger partial charge on any atom is 0.0728 e. The molecule has 4 heteroatoms. The van der Waals surface area contributed by atoms with E-state index < -0.39 is 5.41 Å². The van der Waals surface area contributed by atoms with E-state index in [-0.39, 0.29) is 0 Å². The molecular formula is C75H58N4. The molecule has 0 fully saturated rings. The molecule has 0 saturated heterocycles. The van der Waals surface area contributed by atoms with Crippen molar-refractivity contribution in [1.29, 1.82) is 0 Å². The molecule has 4 nitrogen and oxygen atoms in total. The molecule has 2 aliphatic rings. The van der Waals surface area contributed by atoms with Crippen LogP contribution < -0.4 is 19.6 Å². The van der Waals surface area contributed by atoms with Crippen LogP contribution in [0.2, 0.25) is 0 Å². The Morgan fingerprint density at radius 1 is 0.177 bits per heavy atom. The van der Waals surface area contributed by atoms with E-state index >= 15 is 0 Å². The van der Waals surface area contributed by atoms with E-state index in [1.165, 1.54) is 44.5 Å². The molecular weight excluding hydrogens is 957 g/mol. The fourth-order valence-electron chi connectivity index (χ4n) is 12.1. The Hall–Kier alpha value is -10.2. The lowest BCUT2D eigenvalue weighted by Gasteiger charge is -2.35. The van der Waals surface area contributed by atoms with Gasteiger partial charge in [0.2, 0.25) is 0 Å². The molecule has 2 aliphatic carbocycles. The Morgan fingerprint density at radius 2 is 0.329 bits per heavy atom. The number of benzene rings is 12. The summed E-state index contributed by atoms with van der Waals surface area (Å²) in [6, 6.07) is 115. The van der Waals surface area contributed by atoms with Gasteiger partial charge in [0.25, 0.3) is 0 Å². The van der Waals surface area contributed by atoms with Gasteiger partial charge < -0.3 is 19.6 Å². The highest BCUT2D eigenvalue weighted by molar-refractivity contribution is 6.00. The fourth-order valence-corrected chi connectivity index (χ4v) is 12.1. The topological polar surface area (TPSA) is 13.0 Å². The van der Waals surface area contributed by atoms with E-state index in [2.05, 4.69) is 335 Å². The quantitative estimate of drug-likeness (QED) is 0.121. The number of rotatable bonds is 12. The van der Waals surface area contributed by atoms with E-state index in [1.54, 1.807) is 0 Å². The SMILES string of the molecule is CC.c1ccc(N(c2ccccc2)c2ccc3c(c2)C2(c4cc(N(c5ccccc5)c5ccccc5)ccc4-3)c3cc(N(c4ccccc4)c4ccccc4)ccc3-c3ccc(N(c4ccccc4)c4ccccc4)cc32)cc1. The molecule has 1 spiro atoms. The van der Waals surface area contributed by atoms with Gasteiger partial charge in [-0.1, -0.05) is 184 Å². The Labute approximate surface area is 464 Å². The fraction of sp³-hybridized carbons (Fsp3) is 0.0400. The highest BCUT2D eigenvalue weighted by Crippen LogP contribution is 2.65. The lowest BCUT2D eigenvalue weighted by Crippen LogP contribution is -2.27. The van der Waals surface area contributed by atoms with Crippen molar-refractivity contribution in [2.45, 2.75) is 19.3 Å². The summed E-state index contributed by atoms with van der Waals surface area (Å²) in [5.41, 5.74) is 22.0. The Bertz CT molecular complexity index is 3330. The zero-order valence-corrected chi connectivity index (χ0v) is 44.3. The molecule has 79 heavy (non-hydrogen) atoms. The van der Waals surface area contributed by atoms with Crippen molar-refractivity contribution in [1.82, 2.24) is 0 Å². The maximum absolute atomic E-state index is 2.50. The van der Waals surface area contributed by atoms with Gasteiger partial charge in [0.1, 0.15) is 0 Å². The number of hydrogen-bond donors (Lipinski definition) is 0. The lowest BCUT2D eigenvalue weighted by atomic mass is 9.70. The van der Waals surface area contributed by atoms with E-state index in [0.29, 0.717) is 0 Å². The summed E-state index contributed by atoms with van der Waals surface area (Å²) >= 11 is 0. The molecule has 0 aromatic heterocycles. The van der Waals surface area contributed by atoms with Gasteiger partial charge in [0, 0.05) is 68.2 Å². The van der Waals surface area contributed by atoms with Crippen molar-refractivity contribution < 1.29 is 0 Å². The first-order valence-electron chi connectivity index (χ1n) is 27.4. The third-order valence-corrected chi connectivity index (χ3v) is 15.4. The van der Waals surface area contributed by atoms with E-state index in [9.17, 15) is 0 Å². The average molecular weight is 1020 g/mol. The molecule has 0 amide bonds. The zero-order chi connectivity index (χ0) is 53.1. The summed E-state index contributed by atoms with van der Waals surface area (Å²) in [5.74, 6) is 0. The third-order valence-electron chi connectivity index (χ3n) is 15.4. The second kappa shape index (κ2) is 21.1. The molecule has 0 radical (unpaired) electrons. The molecule has 378 valence electrons. The van der Waals surface area contributed by atoms with Gasteiger partial charge in [0.15, 0.2) is 0 Å². The first kappa shape index (κ1) is 48.5. The number of anilines is 12. The standard InChI is InChI=1S/C73H52N4.C2H6/c1-9-25-53(26-10-1)74(54-27-11-2-12-28-54)61-41-45-65-66-46-42-62(75(55-29-13-3-14-30-55)56-31-15-4-16-32-56)50-70(66)73(69(65)49-61)71-51-63(76(57-33-17-5-18-34-57)58-35-19-6-20-36-58)43-47-67(71)68-48-44-64(52-72(68)73)77(59-37-21-7-22-38-59)60-39-23-8-24-40-60;1-2/h1-52H;1-2H3. The molecule has 12 aromatic carbocycles. The Morgan fingerprint density at radius 3 is 0.481 bits per heavy atom. The maximum atomic E-state index is 2.50. The van der Waals surface area contributed by atoms with Gasteiger partial charge in [-0.05, 0) is 190 Å². The summed E-state index contributed by atoms with van der Waals surface area (Å²) in [6.07, 6.45) is 0. The minimum Gasteiger partial charge on any atom is -0.310 e. The summed E-state index contributed by atoms with van der Waals surface area (Å²) in [7, 11) is 0. The molecule has 0 atom stereocenters. The minimum atomic E-state index is -0.816. The Balaban J connectivity index is 0.00000293.